The lowest BCUT2D eigenvalue weighted by Gasteiger charge is -2.26. The Kier molecular flexibility index (Phi) is 6.38. The van der Waals surface area contributed by atoms with Gasteiger partial charge in [-0.05, 0) is 30.3 Å². The molecule has 4 aromatic rings. The van der Waals surface area contributed by atoms with Crippen molar-refractivity contribution in [3.63, 3.8) is 0 Å². The summed E-state index contributed by atoms with van der Waals surface area (Å²) in [6.45, 7) is 8.53. The number of pyridine rings is 3. The lowest BCUT2D eigenvalue weighted by molar-refractivity contribution is 0.0336. The summed E-state index contributed by atoms with van der Waals surface area (Å²) in [5, 5.41) is 16.8. The molecule has 0 radical (unpaired) electrons. The molecule has 5 heterocycles. The fraction of sp³-hybridized carbons (Fsp3) is 0.348. The highest BCUT2D eigenvalue weighted by Gasteiger charge is 2.12. The minimum atomic E-state index is 0.350. The van der Waals surface area contributed by atoms with Gasteiger partial charge in [-0.1, -0.05) is 25.2 Å². The zero-order valence-corrected chi connectivity index (χ0v) is 19.5. The Morgan fingerprint density at radius 1 is 0.970 bits per heavy atom. The van der Waals surface area contributed by atoms with Crippen molar-refractivity contribution in [3.8, 4) is 0 Å². The Morgan fingerprint density at radius 2 is 1.82 bits per heavy atom. The topological polar surface area (TPSA) is 101 Å². The van der Waals surface area contributed by atoms with Crippen molar-refractivity contribution in [1.29, 1.82) is 0 Å². The molecule has 170 valence electrons. The van der Waals surface area contributed by atoms with E-state index >= 15 is 0 Å². The molecule has 0 bridgehead atoms. The van der Waals surface area contributed by atoms with Crippen molar-refractivity contribution in [2.24, 2.45) is 0 Å². The van der Waals surface area contributed by atoms with Gasteiger partial charge in [-0.25, -0.2) is 4.98 Å². The number of nitrogens with one attached hydrogen (secondary N) is 2. The molecule has 9 nitrogen and oxygen atoms in total. The highest BCUT2D eigenvalue weighted by atomic mass is 32.1. The van der Waals surface area contributed by atoms with Gasteiger partial charge in [0.2, 0.25) is 5.13 Å². The Hall–Kier alpha value is -3.21. The number of anilines is 4. The van der Waals surface area contributed by atoms with Crippen LogP contribution in [0.2, 0.25) is 0 Å². The van der Waals surface area contributed by atoms with Crippen LogP contribution in [-0.4, -0.2) is 56.4 Å². The second kappa shape index (κ2) is 9.74. The number of morpholine rings is 1. The van der Waals surface area contributed by atoms with E-state index in [0.29, 0.717) is 11.7 Å². The van der Waals surface area contributed by atoms with E-state index in [1.165, 1.54) is 0 Å². The van der Waals surface area contributed by atoms with Gasteiger partial charge in [-0.15, -0.1) is 10.2 Å². The number of nitrogens with zero attached hydrogens (tertiary/aromatic N) is 6. The summed E-state index contributed by atoms with van der Waals surface area (Å²) >= 11 is 1.54. The smallest absolute Gasteiger partial charge is 0.211 e. The van der Waals surface area contributed by atoms with Crippen molar-refractivity contribution in [3.05, 3.63) is 53.4 Å². The molecule has 0 amide bonds. The van der Waals surface area contributed by atoms with E-state index in [9.17, 15) is 0 Å². The first-order valence-electron chi connectivity index (χ1n) is 11.0. The first-order valence-corrected chi connectivity index (χ1v) is 11.8. The lowest BCUT2D eigenvalue weighted by Crippen LogP contribution is -2.35. The number of ether oxygens (including phenoxy) is 1. The summed E-state index contributed by atoms with van der Waals surface area (Å²) in [5.41, 5.74) is 4.42. The standard InChI is InChI=1S/C23H26N8OS/c1-15(2)22-29-30-23(33-22)28-21-6-5-19-20(27-21)11-18(13-25-19)26-16-3-4-17(24-12-16)14-31-7-9-32-10-8-31/h3-6,11-13,15,26H,7-10,14H2,1-2H3,(H,27,28,30). The highest BCUT2D eigenvalue weighted by Crippen LogP contribution is 2.26. The molecule has 0 aliphatic carbocycles. The molecule has 0 unspecified atom stereocenters. The summed E-state index contributed by atoms with van der Waals surface area (Å²) in [5.74, 6) is 1.06. The molecular weight excluding hydrogens is 436 g/mol. The molecule has 33 heavy (non-hydrogen) atoms. The number of hydrogen-bond acceptors (Lipinski definition) is 10. The highest BCUT2D eigenvalue weighted by molar-refractivity contribution is 7.15. The van der Waals surface area contributed by atoms with E-state index in [1.807, 2.05) is 30.5 Å². The van der Waals surface area contributed by atoms with E-state index in [0.717, 1.165) is 71.1 Å². The number of hydrogen-bond donors (Lipinski definition) is 2. The van der Waals surface area contributed by atoms with Crippen LogP contribution in [0.4, 0.5) is 22.3 Å². The van der Waals surface area contributed by atoms with Crippen LogP contribution in [0.5, 0.6) is 0 Å². The maximum Gasteiger partial charge on any atom is 0.211 e. The van der Waals surface area contributed by atoms with Crippen LogP contribution in [-0.2, 0) is 11.3 Å². The van der Waals surface area contributed by atoms with Gasteiger partial charge in [0.1, 0.15) is 10.8 Å². The molecule has 0 atom stereocenters. The third-order valence-electron chi connectivity index (χ3n) is 5.31. The lowest BCUT2D eigenvalue weighted by atomic mass is 10.2. The van der Waals surface area contributed by atoms with Gasteiger partial charge in [-0.2, -0.15) is 0 Å². The summed E-state index contributed by atoms with van der Waals surface area (Å²) in [6, 6.07) is 9.92. The zero-order chi connectivity index (χ0) is 22.6. The first kappa shape index (κ1) is 21.6. The SMILES string of the molecule is CC(C)c1nnc(Nc2ccc3ncc(Nc4ccc(CN5CCOCC5)nc4)cc3n2)s1. The Labute approximate surface area is 196 Å². The molecule has 1 aliphatic heterocycles. The normalized spacial score (nSPS) is 14.6. The fourth-order valence-electron chi connectivity index (χ4n) is 3.52. The fourth-order valence-corrected chi connectivity index (χ4v) is 4.27. The minimum absolute atomic E-state index is 0.350. The van der Waals surface area contributed by atoms with Gasteiger partial charge in [0.25, 0.3) is 0 Å². The van der Waals surface area contributed by atoms with Gasteiger partial charge >= 0.3 is 0 Å². The molecule has 1 saturated heterocycles. The molecule has 5 rings (SSSR count). The Bertz CT molecular complexity index is 1220. The molecule has 0 spiro atoms. The molecule has 1 aliphatic rings. The van der Waals surface area contributed by atoms with Crippen molar-refractivity contribution in [1.82, 2.24) is 30.0 Å². The van der Waals surface area contributed by atoms with E-state index in [1.54, 1.807) is 17.5 Å². The van der Waals surface area contributed by atoms with Gasteiger partial charge in [0, 0.05) is 25.6 Å². The Balaban J connectivity index is 1.27. The van der Waals surface area contributed by atoms with Gasteiger partial charge in [-0.3, -0.25) is 14.9 Å². The quantitative estimate of drug-likeness (QED) is 0.416. The predicted molar refractivity (Wildman–Crippen MR) is 130 cm³/mol. The number of aromatic nitrogens is 5. The summed E-state index contributed by atoms with van der Waals surface area (Å²) < 4.78 is 5.41. The zero-order valence-electron chi connectivity index (χ0n) is 18.7. The minimum Gasteiger partial charge on any atom is -0.379 e. The Morgan fingerprint density at radius 3 is 2.58 bits per heavy atom. The van der Waals surface area contributed by atoms with Crippen LogP contribution in [0.3, 0.4) is 0 Å². The van der Waals surface area contributed by atoms with E-state index in [-0.39, 0.29) is 0 Å². The molecular formula is C23H26N8OS. The average Bonchev–Trinajstić information content (AvgIpc) is 3.30. The van der Waals surface area contributed by atoms with Crippen LogP contribution in [0.1, 0.15) is 30.5 Å². The van der Waals surface area contributed by atoms with Crippen molar-refractivity contribution in [2.45, 2.75) is 26.3 Å². The van der Waals surface area contributed by atoms with Crippen molar-refractivity contribution in [2.75, 3.05) is 36.9 Å². The van der Waals surface area contributed by atoms with Gasteiger partial charge < -0.3 is 15.4 Å². The third kappa shape index (κ3) is 5.41. The van der Waals surface area contributed by atoms with Crippen LogP contribution >= 0.6 is 11.3 Å². The molecule has 2 N–H and O–H groups in total. The van der Waals surface area contributed by atoms with Crippen molar-refractivity contribution >= 4 is 44.7 Å². The van der Waals surface area contributed by atoms with Crippen molar-refractivity contribution < 1.29 is 4.74 Å². The summed E-state index contributed by atoms with van der Waals surface area (Å²) in [6.07, 6.45) is 3.66. The number of fused-ring (bicyclic) bond motifs is 1. The largest absolute Gasteiger partial charge is 0.379 e. The van der Waals surface area contributed by atoms with Crippen LogP contribution in [0.15, 0.2) is 42.7 Å². The predicted octanol–water partition coefficient (Wildman–Crippen LogP) is 4.32. The van der Waals surface area contributed by atoms with E-state index < -0.39 is 0 Å². The maximum atomic E-state index is 5.41. The van der Waals surface area contributed by atoms with Crippen LogP contribution in [0.25, 0.3) is 11.0 Å². The molecule has 10 heteroatoms. The molecule has 0 aromatic carbocycles. The van der Waals surface area contributed by atoms with Crippen LogP contribution in [0, 0.1) is 0 Å². The van der Waals surface area contributed by atoms with E-state index in [4.69, 9.17) is 9.72 Å². The maximum absolute atomic E-state index is 5.41. The molecule has 1 fully saturated rings. The van der Waals surface area contributed by atoms with Crippen LogP contribution < -0.4 is 10.6 Å². The average molecular weight is 463 g/mol. The van der Waals surface area contributed by atoms with E-state index in [2.05, 4.69) is 55.6 Å². The second-order valence-corrected chi connectivity index (χ2v) is 9.24. The third-order valence-corrected chi connectivity index (χ3v) is 6.45. The summed E-state index contributed by atoms with van der Waals surface area (Å²) in [7, 11) is 0. The molecule has 4 aromatic heterocycles. The molecule has 0 saturated carbocycles. The van der Waals surface area contributed by atoms with Gasteiger partial charge in [0.15, 0.2) is 0 Å². The summed E-state index contributed by atoms with van der Waals surface area (Å²) in [4.78, 5) is 16.2. The number of rotatable bonds is 7. The second-order valence-electron chi connectivity index (χ2n) is 8.24. The van der Waals surface area contributed by atoms with Gasteiger partial charge in [0.05, 0.1) is 53.7 Å². The monoisotopic (exact) mass is 462 g/mol. The first-order chi connectivity index (χ1) is 16.1.